The molecular weight excluding hydrogens is 464 g/mol. The van der Waals surface area contributed by atoms with Crippen LogP contribution < -0.4 is 10.2 Å². The quantitative estimate of drug-likeness (QED) is 0.534. The fraction of sp³-hybridized carbons (Fsp3) is 0.200. The van der Waals surface area contributed by atoms with E-state index in [2.05, 4.69) is 10.2 Å². The van der Waals surface area contributed by atoms with Gasteiger partial charge in [0.1, 0.15) is 5.82 Å². The van der Waals surface area contributed by atoms with Crippen LogP contribution in [0.3, 0.4) is 0 Å². The molecule has 0 radical (unpaired) electrons. The first-order chi connectivity index (χ1) is 15.9. The molecule has 33 heavy (non-hydrogen) atoms. The molecule has 0 unspecified atom stereocenters. The molecule has 1 saturated heterocycles. The van der Waals surface area contributed by atoms with Gasteiger partial charge >= 0.3 is 0 Å². The Balaban J connectivity index is 1.30. The van der Waals surface area contributed by atoms with Gasteiger partial charge in [0.05, 0.1) is 6.42 Å². The van der Waals surface area contributed by atoms with E-state index in [9.17, 15) is 14.0 Å². The number of piperazine rings is 1. The van der Waals surface area contributed by atoms with E-state index in [0.717, 1.165) is 11.3 Å². The predicted molar refractivity (Wildman–Crippen MR) is 130 cm³/mol. The number of halogens is 3. The minimum absolute atomic E-state index is 0.0421. The summed E-state index contributed by atoms with van der Waals surface area (Å²) in [6.45, 7) is 2.66. The number of carbonyl (C=O) groups is 2. The van der Waals surface area contributed by atoms with E-state index in [-0.39, 0.29) is 24.1 Å². The molecule has 1 N–H and O–H groups in total. The average molecular weight is 486 g/mol. The maximum atomic E-state index is 13.0. The van der Waals surface area contributed by atoms with E-state index in [1.54, 1.807) is 30.3 Å². The summed E-state index contributed by atoms with van der Waals surface area (Å²) in [5.74, 6) is -0.555. The fourth-order valence-electron chi connectivity index (χ4n) is 3.75. The van der Waals surface area contributed by atoms with Crippen molar-refractivity contribution < 1.29 is 14.0 Å². The molecule has 0 saturated carbocycles. The Hall–Kier alpha value is -3.09. The topological polar surface area (TPSA) is 52.7 Å². The number of nitrogens with one attached hydrogen (secondary N) is 1. The number of hydrogen-bond acceptors (Lipinski definition) is 3. The summed E-state index contributed by atoms with van der Waals surface area (Å²) in [6.07, 6.45) is 0.270. The first kappa shape index (κ1) is 23.1. The van der Waals surface area contributed by atoms with Crippen molar-refractivity contribution >= 4 is 46.4 Å². The first-order valence-corrected chi connectivity index (χ1v) is 11.3. The zero-order valence-corrected chi connectivity index (χ0v) is 19.2. The number of rotatable bonds is 5. The van der Waals surface area contributed by atoms with Crippen LogP contribution in [0.25, 0.3) is 0 Å². The van der Waals surface area contributed by atoms with Crippen LogP contribution in [0.4, 0.5) is 15.8 Å². The number of amides is 2. The van der Waals surface area contributed by atoms with Gasteiger partial charge in [-0.15, -0.1) is 0 Å². The smallest absolute Gasteiger partial charge is 0.255 e. The average Bonchev–Trinajstić information content (AvgIpc) is 2.80. The summed E-state index contributed by atoms with van der Waals surface area (Å²) in [7, 11) is 0. The first-order valence-electron chi connectivity index (χ1n) is 10.5. The number of hydrogen-bond donors (Lipinski definition) is 1. The summed E-state index contributed by atoms with van der Waals surface area (Å²) >= 11 is 11.9. The van der Waals surface area contributed by atoms with Gasteiger partial charge in [0.15, 0.2) is 0 Å². The summed E-state index contributed by atoms with van der Waals surface area (Å²) < 4.78 is 13.0. The Morgan fingerprint density at radius 3 is 2.06 bits per heavy atom. The lowest BCUT2D eigenvalue weighted by atomic mass is 10.1. The summed E-state index contributed by atoms with van der Waals surface area (Å²) in [5.41, 5.74) is 2.87. The molecule has 0 spiro atoms. The molecule has 170 valence electrons. The van der Waals surface area contributed by atoms with Gasteiger partial charge in [-0.2, -0.15) is 0 Å². The van der Waals surface area contributed by atoms with Crippen molar-refractivity contribution in [2.45, 2.75) is 6.42 Å². The van der Waals surface area contributed by atoms with Crippen molar-refractivity contribution in [2.75, 3.05) is 36.4 Å². The molecule has 3 aromatic carbocycles. The molecule has 3 aromatic rings. The van der Waals surface area contributed by atoms with Gasteiger partial charge in [-0.1, -0.05) is 35.3 Å². The Bertz CT molecular complexity index is 1130. The lowest BCUT2D eigenvalue weighted by Gasteiger charge is -2.36. The number of nitrogens with zero attached hydrogens (tertiary/aromatic N) is 2. The molecule has 1 fully saturated rings. The second kappa shape index (κ2) is 10.2. The minimum atomic E-state index is -0.306. The number of benzene rings is 3. The second-order valence-electron chi connectivity index (χ2n) is 7.83. The van der Waals surface area contributed by atoms with Crippen LogP contribution in [0.1, 0.15) is 15.9 Å². The zero-order chi connectivity index (χ0) is 23.4. The third-order valence-corrected chi connectivity index (χ3v) is 5.95. The van der Waals surface area contributed by atoms with Crippen LogP contribution in [-0.2, 0) is 11.2 Å². The highest BCUT2D eigenvalue weighted by Gasteiger charge is 2.21. The monoisotopic (exact) mass is 485 g/mol. The second-order valence-corrected chi connectivity index (χ2v) is 8.70. The van der Waals surface area contributed by atoms with E-state index < -0.39 is 0 Å². The van der Waals surface area contributed by atoms with E-state index in [1.165, 1.54) is 12.1 Å². The SMILES string of the molecule is O=C(Nc1ccc(N2CCN(C(=O)Cc3ccc(F)cc3)CC2)cc1)c1cc(Cl)cc(Cl)c1. The fourth-order valence-corrected chi connectivity index (χ4v) is 4.27. The zero-order valence-electron chi connectivity index (χ0n) is 17.7. The molecule has 1 heterocycles. The van der Waals surface area contributed by atoms with E-state index >= 15 is 0 Å². The van der Waals surface area contributed by atoms with Gasteiger partial charge in [-0.05, 0) is 60.2 Å². The standard InChI is InChI=1S/C25H22Cl2FN3O2/c26-19-14-18(15-20(27)16-19)25(33)29-22-5-7-23(8-6-22)30-9-11-31(12-10-30)24(32)13-17-1-3-21(28)4-2-17/h1-8,14-16H,9-13H2,(H,29,33). The van der Waals surface area contributed by atoms with Crippen molar-refractivity contribution in [1.82, 2.24) is 4.90 Å². The molecule has 0 aromatic heterocycles. The van der Waals surface area contributed by atoms with Crippen LogP contribution in [-0.4, -0.2) is 42.9 Å². The Morgan fingerprint density at radius 2 is 1.45 bits per heavy atom. The maximum Gasteiger partial charge on any atom is 0.255 e. The maximum absolute atomic E-state index is 13.0. The van der Waals surface area contributed by atoms with Gasteiger partial charge < -0.3 is 15.1 Å². The molecular formula is C25H22Cl2FN3O2. The molecule has 1 aliphatic heterocycles. The van der Waals surface area contributed by atoms with Crippen LogP contribution >= 0.6 is 23.2 Å². The van der Waals surface area contributed by atoms with Crippen molar-refractivity contribution in [3.63, 3.8) is 0 Å². The van der Waals surface area contributed by atoms with Crippen LogP contribution in [0.15, 0.2) is 66.7 Å². The van der Waals surface area contributed by atoms with Crippen molar-refractivity contribution in [1.29, 1.82) is 0 Å². The van der Waals surface area contributed by atoms with Crippen molar-refractivity contribution in [2.24, 2.45) is 0 Å². The van der Waals surface area contributed by atoms with Gasteiger partial charge in [-0.25, -0.2) is 4.39 Å². The lowest BCUT2D eigenvalue weighted by molar-refractivity contribution is -0.130. The van der Waals surface area contributed by atoms with Gasteiger partial charge in [-0.3, -0.25) is 9.59 Å². The Morgan fingerprint density at radius 1 is 0.848 bits per heavy atom. The van der Waals surface area contributed by atoms with Gasteiger partial charge in [0.2, 0.25) is 5.91 Å². The molecule has 1 aliphatic rings. The number of carbonyl (C=O) groups excluding carboxylic acids is 2. The molecule has 2 amide bonds. The van der Waals surface area contributed by atoms with Crippen molar-refractivity contribution in [3.05, 3.63) is 93.7 Å². The Kier molecular flexibility index (Phi) is 7.16. The highest BCUT2D eigenvalue weighted by molar-refractivity contribution is 6.35. The summed E-state index contributed by atoms with van der Waals surface area (Å²) in [5, 5.41) is 3.64. The lowest BCUT2D eigenvalue weighted by Crippen LogP contribution is -2.49. The highest BCUT2D eigenvalue weighted by atomic mass is 35.5. The molecule has 4 rings (SSSR count). The van der Waals surface area contributed by atoms with E-state index in [1.807, 2.05) is 29.2 Å². The van der Waals surface area contributed by atoms with Crippen molar-refractivity contribution in [3.8, 4) is 0 Å². The normalized spacial score (nSPS) is 13.7. The molecule has 0 bridgehead atoms. The summed E-state index contributed by atoms with van der Waals surface area (Å²) in [6, 6.07) is 18.3. The molecule has 8 heteroatoms. The minimum Gasteiger partial charge on any atom is -0.368 e. The number of anilines is 2. The molecule has 0 atom stereocenters. The largest absolute Gasteiger partial charge is 0.368 e. The van der Waals surface area contributed by atoms with Crippen LogP contribution in [0.2, 0.25) is 10.0 Å². The van der Waals surface area contributed by atoms with Crippen LogP contribution in [0.5, 0.6) is 0 Å². The Labute approximate surface area is 201 Å². The van der Waals surface area contributed by atoms with E-state index in [0.29, 0.717) is 47.5 Å². The highest BCUT2D eigenvalue weighted by Crippen LogP contribution is 2.22. The molecule has 0 aliphatic carbocycles. The molecule has 5 nitrogen and oxygen atoms in total. The van der Waals surface area contributed by atoms with Crippen LogP contribution in [0, 0.1) is 5.82 Å². The predicted octanol–water partition coefficient (Wildman–Crippen LogP) is 5.28. The van der Waals surface area contributed by atoms with E-state index in [4.69, 9.17) is 23.2 Å². The van der Waals surface area contributed by atoms with Gasteiger partial charge in [0, 0.05) is 53.2 Å². The third-order valence-electron chi connectivity index (χ3n) is 5.52. The summed E-state index contributed by atoms with van der Waals surface area (Å²) in [4.78, 5) is 29.1. The third kappa shape index (κ3) is 6.03. The van der Waals surface area contributed by atoms with Gasteiger partial charge in [0.25, 0.3) is 5.91 Å².